The van der Waals surface area contributed by atoms with Gasteiger partial charge in [-0.15, -0.1) is 11.3 Å². The Bertz CT molecular complexity index is 555. The molecule has 4 N–H and O–H groups in total. The van der Waals surface area contributed by atoms with Gasteiger partial charge in [-0.05, 0) is 23.6 Å². The summed E-state index contributed by atoms with van der Waals surface area (Å²) in [5.41, 5.74) is 11.7. The van der Waals surface area contributed by atoms with Gasteiger partial charge >= 0.3 is 0 Å². The van der Waals surface area contributed by atoms with Crippen LogP contribution in [0.2, 0.25) is 5.02 Å². The first-order chi connectivity index (χ1) is 8.08. The number of benzene rings is 1. The molecule has 1 amide bonds. The molecule has 0 saturated heterocycles. The van der Waals surface area contributed by atoms with Gasteiger partial charge in [0.15, 0.2) is 0 Å². The van der Waals surface area contributed by atoms with Gasteiger partial charge in [-0.2, -0.15) is 0 Å². The molecule has 0 bridgehead atoms. The van der Waals surface area contributed by atoms with Crippen LogP contribution in [0.4, 0.5) is 5.69 Å². The number of amides is 1. The Labute approximate surface area is 112 Å². The lowest BCUT2D eigenvalue weighted by Crippen LogP contribution is -2.13. The van der Waals surface area contributed by atoms with E-state index < -0.39 is 5.91 Å². The van der Waals surface area contributed by atoms with E-state index in [1.54, 1.807) is 23.5 Å². The predicted molar refractivity (Wildman–Crippen MR) is 72.8 cm³/mol. The van der Waals surface area contributed by atoms with E-state index in [2.05, 4.69) is 0 Å². The quantitative estimate of drug-likeness (QED) is 0.850. The number of thiophene rings is 1. The smallest absolute Gasteiger partial charge is 0.249 e. The molecule has 1 heterocycles. The first-order valence-electron chi connectivity index (χ1n) is 4.68. The molecule has 6 heteroatoms. The molecule has 0 aliphatic rings. The number of hydrogen-bond donors (Lipinski definition) is 2. The molecular formula is C11H9ClN2OS2. The van der Waals surface area contributed by atoms with Gasteiger partial charge in [0.2, 0.25) is 5.91 Å². The van der Waals surface area contributed by atoms with Crippen LogP contribution in [0.5, 0.6) is 0 Å². The monoisotopic (exact) mass is 284 g/mol. The first kappa shape index (κ1) is 12.3. The fourth-order valence-corrected chi connectivity index (χ4v) is 3.50. The minimum absolute atomic E-state index is 0.355. The average molecular weight is 285 g/mol. The number of carbonyl (C=O) groups is 1. The summed E-state index contributed by atoms with van der Waals surface area (Å²) in [6.45, 7) is 0. The maximum absolute atomic E-state index is 11.4. The third-order valence-corrected chi connectivity index (χ3v) is 4.62. The highest BCUT2D eigenvalue weighted by molar-refractivity contribution is 8.01. The van der Waals surface area contributed by atoms with Gasteiger partial charge in [-0.1, -0.05) is 29.4 Å². The van der Waals surface area contributed by atoms with Crippen molar-refractivity contribution in [3.63, 3.8) is 0 Å². The maximum atomic E-state index is 11.4. The Morgan fingerprint density at radius 1 is 1.41 bits per heavy atom. The topological polar surface area (TPSA) is 69.1 Å². The number of nitrogens with two attached hydrogens (primary N) is 2. The first-order valence-corrected chi connectivity index (χ1v) is 6.75. The van der Waals surface area contributed by atoms with Crippen molar-refractivity contribution in [2.75, 3.05) is 5.73 Å². The van der Waals surface area contributed by atoms with E-state index in [1.165, 1.54) is 11.8 Å². The normalized spacial score (nSPS) is 10.4. The number of carbonyl (C=O) groups excluding carboxylic acids is 1. The van der Waals surface area contributed by atoms with E-state index in [4.69, 9.17) is 23.1 Å². The predicted octanol–water partition coefficient (Wildman–Crippen LogP) is 3.23. The summed E-state index contributed by atoms with van der Waals surface area (Å²) in [4.78, 5) is 12.0. The van der Waals surface area contributed by atoms with Crippen LogP contribution in [0, 0.1) is 0 Å². The molecule has 17 heavy (non-hydrogen) atoms. The Hall–Kier alpha value is -1.17. The van der Waals surface area contributed by atoms with Gasteiger partial charge < -0.3 is 11.5 Å². The van der Waals surface area contributed by atoms with Gasteiger partial charge in [0.05, 0.1) is 14.8 Å². The number of hydrogen-bond acceptors (Lipinski definition) is 4. The highest BCUT2D eigenvalue weighted by atomic mass is 35.5. The minimum atomic E-state index is -0.529. The summed E-state index contributed by atoms with van der Waals surface area (Å²) in [6.07, 6.45) is 0. The van der Waals surface area contributed by atoms with Crippen LogP contribution in [0.25, 0.3) is 0 Å². The average Bonchev–Trinajstić information content (AvgIpc) is 2.74. The van der Waals surface area contributed by atoms with E-state index in [1.807, 2.05) is 17.5 Å². The second kappa shape index (κ2) is 5.00. The molecule has 88 valence electrons. The van der Waals surface area contributed by atoms with Crippen LogP contribution in [-0.4, -0.2) is 5.91 Å². The second-order valence-electron chi connectivity index (χ2n) is 3.28. The zero-order valence-corrected chi connectivity index (χ0v) is 11.0. The molecule has 0 atom stereocenters. The molecule has 0 fully saturated rings. The lowest BCUT2D eigenvalue weighted by molar-refractivity contribution is 0.0997. The van der Waals surface area contributed by atoms with E-state index in [0.717, 1.165) is 4.21 Å². The van der Waals surface area contributed by atoms with Gasteiger partial charge in [0, 0.05) is 10.6 Å². The lowest BCUT2D eigenvalue weighted by atomic mass is 10.2. The summed E-state index contributed by atoms with van der Waals surface area (Å²) in [7, 11) is 0. The van der Waals surface area contributed by atoms with Gasteiger partial charge in [0.25, 0.3) is 0 Å². The molecule has 0 spiro atoms. The summed E-state index contributed by atoms with van der Waals surface area (Å²) >= 11 is 9.08. The van der Waals surface area contributed by atoms with Crippen molar-refractivity contribution in [1.29, 1.82) is 0 Å². The zero-order chi connectivity index (χ0) is 12.4. The van der Waals surface area contributed by atoms with Crippen molar-refractivity contribution in [1.82, 2.24) is 0 Å². The number of rotatable bonds is 3. The molecule has 0 aliphatic carbocycles. The summed E-state index contributed by atoms with van der Waals surface area (Å²) in [5.74, 6) is -0.529. The Balaban J connectivity index is 2.48. The van der Waals surface area contributed by atoms with Crippen molar-refractivity contribution < 1.29 is 4.79 Å². The molecule has 1 aromatic carbocycles. The van der Waals surface area contributed by atoms with Crippen molar-refractivity contribution in [2.45, 2.75) is 9.10 Å². The van der Waals surface area contributed by atoms with Gasteiger partial charge in [0.1, 0.15) is 0 Å². The third-order valence-electron chi connectivity index (χ3n) is 2.03. The largest absolute Gasteiger partial charge is 0.399 e. The molecule has 0 saturated carbocycles. The molecule has 1 aromatic heterocycles. The SMILES string of the molecule is NC(=O)c1cc(N)cc(Cl)c1Sc1cccs1. The maximum Gasteiger partial charge on any atom is 0.249 e. The highest BCUT2D eigenvalue weighted by Gasteiger charge is 2.14. The summed E-state index contributed by atoms with van der Waals surface area (Å²) in [6, 6.07) is 7.04. The fraction of sp³-hybridized carbons (Fsp3) is 0. The number of primary amides is 1. The third kappa shape index (κ3) is 2.74. The lowest BCUT2D eigenvalue weighted by Gasteiger charge is -2.08. The molecule has 0 aliphatic heterocycles. The minimum Gasteiger partial charge on any atom is -0.399 e. The zero-order valence-electron chi connectivity index (χ0n) is 8.64. The highest BCUT2D eigenvalue weighted by Crippen LogP contribution is 2.39. The van der Waals surface area contributed by atoms with E-state index in [9.17, 15) is 4.79 Å². The van der Waals surface area contributed by atoms with E-state index >= 15 is 0 Å². The molecular weight excluding hydrogens is 276 g/mol. The summed E-state index contributed by atoms with van der Waals surface area (Å²) < 4.78 is 1.04. The molecule has 2 aromatic rings. The van der Waals surface area contributed by atoms with Crippen LogP contribution < -0.4 is 11.5 Å². The molecule has 0 unspecified atom stereocenters. The van der Waals surface area contributed by atoms with Crippen LogP contribution in [-0.2, 0) is 0 Å². The standard InChI is InChI=1S/C11H9ClN2OS2/c12-8-5-6(13)4-7(11(14)15)10(8)17-9-2-1-3-16-9/h1-5H,13H2,(H2,14,15). The van der Waals surface area contributed by atoms with Crippen LogP contribution in [0.1, 0.15) is 10.4 Å². The van der Waals surface area contributed by atoms with Crippen LogP contribution in [0.15, 0.2) is 38.8 Å². The van der Waals surface area contributed by atoms with E-state index in [0.29, 0.717) is 21.2 Å². The molecule has 3 nitrogen and oxygen atoms in total. The van der Waals surface area contributed by atoms with Crippen molar-refractivity contribution >= 4 is 46.3 Å². The molecule has 0 radical (unpaired) electrons. The van der Waals surface area contributed by atoms with Crippen LogP contribution in [0.3, 0.4) is 0 Å². The van der Waals surface area contributed by atoms with E-state index in [-0.39, 0.29) is 0 Å². The molecule has 2 rings (SSSR count). The summed E-state index contributed by atoms with van der Waals surface area (Å²) in [5, 5.41) is 2.40. The second-order valence-corrected chi connectivity index (χ2v) is 5.94. The van der Waals surface area contributed by atoms with Gasteiger partial charge in [-0.25, -0.2) is 0 Å². The van der Waals surface area contributed by atoms with Gasteiger partial charge in [-0.3, -0.25) is 4.79 Å². The Morgan fingerprint density at radius 2 is 2.18 bits per heavy atom. The number of anilines is 1. The number of nitrogen functional groups attached to an aromatic ring is 1. The van der Waals surface area contributed by atoms with Crippen molar-refractivity contribution in [3.05, 3.63) is 40.2 Å². The fourth-order valence-electron chi connectivity index (χ4n) is 1.32. The van der Waals surface area contributed by atoms with Crippen LogP contribution >= 0.6 is 34.7 Å². The van der Waals surface area contributed by atoms with Crippen molar-refractivity contribution in [2.24, 2.45) is 5.73 Å². The Kier molecular flexibility index (Phi) is 3.61. The van der Waals surface area contributed by atoms with Crippen molar-refractivity contribution in [3.8, 4) is 0 Å². The Morgan fingerprint density at radius 3 is 2.76 bits per heavy atom. The number of halogens is 1.